The van der Waals surface area contributed by atoms with Crippen LogP contribution in [0, 0.1) is 17.3 Å². The van der Waals surface area contributed by atoms with Gasteiger partial charge in [-0.25, -0.2) is 0 Å². The largest absolute Gasteiger partial charge is 0.497 e. The molecule has 1 aromatic rings. The quantitative estimate of drug-likeness (QED) is 0.797. The molecule has 2 heteroatoms. The lowest BCUT2D eigenvalue weighted by Gasteiger charge is -2.50. The summed E-state index contributed by atoms with van der Waals surface area (Å²) in [5.41, 5.74) is 3.08. The first-order chi connectivity index (χ1) is 10.1. The second-order valence-corrected chi connectivity index (χ2v) is 7.27. The lowest BCUT2D eigenvalue weighted by Crippen LogP contribution is -2.44. The summed E-state index contributed by atoms with van der Waals surface area (Å²) in [6, 6.07) is 6.61. The molecule has 1 aromatic carbocycles. The Balaban J connectivity index is 1.70. The fourth-order valence-electron chi connectivity index (χ4n) is 5.12. The van der Waals surface area contributed by atoms with Gasteiger partial charge >= 0.3 is 0 Å². The monoisotopic (exact) mass is 284 g/mol. The maximum atomic E-state index is 10.3. The van der Waals surface area contributed by atoms with Crippen LogP contribution in [0.2, 0.25) is 0 Å². The summed E-state index contributed by atoms with van der Waals surface area (Å²) in [5, 5.41) is 10.3. The molecule has 0 unspecified atom stereocenters. The summed E-state index contributed by atoms with van der Waals surface area (Å²) < 4.78 is 5.37. The molecule has 0 radical (unpaired) electrons. The van der Waals surface area contributed by atoms with E-state index < -0.39 is 0 Å². The van der Waals surface area contributed by atoms with Crippen molar-refractivity contribution in [1.29, 1.82) is 0 Å². The Bertz CT molecular complexity index is 591. The molecular formula is C19H24O2. The SMILES string of the molecule is COc1ccc2c(c1)CC[C@@H]1[C@H]3C=C[C@H](O)[C@@]3(C)CC[C@@H]21. The Morgan fingerprint density at radius 3 is 2.90 bits per heavy atom. The number of aliphatic hydroxyl groups is 1. The number of rotatable bonds is 1. The molecule has 112 valence electrons. The van der Waals surface area contributed by atoms with Gasteiger partial charge < -0.3 is 9.84 Å². The zero-order chi connectivity index (χ0) is 14.6. The average Bonchev–Trinajstić information content (AvgIpc) is 2.82. The van der Waals surface area contributed by atoms with E-state index in [1.807, 2.05) is 6.08 Å². The Morgan fingerprint density at radius 2 is 2.10 bits per heavy atom. The number of hydrogen-bond donors (Lipinski definition) is 1. The van der Waals surface area contributed by atoms with Gasteiger partial charge in [0, 0.05) is 5.41 Å². The van der Waals surface area contributed by atoms with E-state index in [1.165, 1.54) is 24.0 Å². The maximum Gasteiger partial charge on any atom is 0.119 e. The fourth-order valence-corrected chi connectivity index (χ4v) is 5.12. The number of aryl methyl sites for hydroxylation is 1. The normalized spacial score (nSPS) is 40.3. The van der Waals surface area contributed by atoms with E-state index >= 15 is 0 Å². The van der Waals surface area contributed by atoms with Crippen LogP contribution in [-0.4, -0.2) is 18.3 Å². The molecule has 0 saturated heterocycles. The van der Waals surface area contributed by atoms with Crippen molar-refractivity contribution in [3.05, 3.63) is 41.5 Å². The van der Waals surface area contributed by atoms with Crippen LogP contribution in [0.4, 0.5) is 0 Å². The third kappa shape index (κ3) is 1.81. The van der Waals surface area contributed by atoms with Crippen molar-refractivity contribution in [2.75, 3.05) is 7.11 Å². The first kappa shape index (κ1) is 13.4. The molecule has 0 spiro atoms. The van der Waals surface area contributed by atoms with Gasteiger partial charge in [0.1, 0.15) is 5.75 Å². The minimum Gasteiger partial charge on any atom is -0.497 e. The minimum atomic E-state index is -0.249. The summed E-state index contributed by atoms with van der Waals surface area (Å²) in [4.78, 5) is 0. The molecule has 3 aliphatic carbocycles. The van der Waals surface area contributed by atoms with E-state index in [2.05, 4.69) is 31.2 Å². The van der Waals surface area contributed by atoms with Gasteiger partial charge in [0.05, 0.1) is 13.2 Å². The van der Waals surface area contributed by atoms with Gasteiger partial charge in [-0.05, 0) is 66.7 Å². The molecule has 3 aliphatic rings. The molecule has 5 atom stereocenters. The topological polar surface area (TPSA) is 29.5 Å². The van der Waals surface area contributed by atoms with E-state index in [-0.39, 0.29) is 11.5 Å². The minimum absolute atomic E-state index is 0.0745. The van der Waals surface area contributed by atoms with Crippen LogP contribution in [0.5, 0.6) is 5.75 Å². The third-order valence-corrected chi connectivity index (χ3v) is 6.41. The Morgan fingerprint density at radius 1 is 1.24 bits per heavy atom. The number of fused-ring (bicyclic) bond motifs is 5. The molecule has 0 aromatic heterocycles. The standard InChI is InChI=1S/C19H24O2/c1-19-10-9-15-14-6-4-13(21-2)11-12(14)3-5-16(15)17(19)7-8-18(19)20/h4,6-8,11,15-18,20H,3,5,9-10H2,1-2H3/t15-,16-,17+,18-,19-/m0/s1. The van der Waals surface area contributed by atoms with Crippen LogP contribution in [0.25, 0.3) is 0 Å². The average molecular weight is 284 g/mol. The van der Waals surface area contributed by atoms with E-state index in [1.54, 1.807) is 7.11 Å². The number of methoxy groups -OCH3 is 1. The maximum absolute atomic E-state index is 10.3. The predicted molar refractivity (Wildman–Crippen MR) is 83.5 cm³/mol. The van der Waals surface area contributed by atoms with Gasteiger partial charge in [-0.15, -0.1) is 0 Å². The lowest BCUT2D eigenvalue weighted by molar-refractivity contribution is -0.0101. The lowest BCUT2D eigenvalue weighted by atomic mass is 9.55. The molecule has 4 rings (SSSR count). The third-order valence-electron chi connectivity index (χ3n) is 6.41. The molecule has 1 saturated carbocycles. The van der Waals surface area contributed by atoms with E-state index in [4.69, 9.17) is 4.74 Å². The van der Waals surface area contributed by atoms with Crippen LogP contribution in [0.1, 0.15) is 43.2 Å². The highest BCUT2D eigenvalue weighted by Gasteiger charge is 2.52. The summed E-state index contributed by atoms with van der Waals surface area (Å²) in [6.45, 7) is 2.28. The zero-order valence-corrected chi connectivity index (χ0v) is 12.9. The van der Waals surface area contributed by atoms with Gasteiger partial charge in [-0.1, -0.05) is 25.1 Å². The highest BCUT2D eigenvalue weighted by molar-refractivity contribution is 5.41. The van der Waals surface area contributed by atoms with Crippen molar-refractivity contribution >= 4 is 0 Å². The van der Waals surface area contributed by atoms with Crippen molar-refractivity contribution in [3.8, 4) is 5.75 Å². The molecule has 0 bridgehead atoms. The highest BCUT2D eigenvalue weighted by atomic mass is 16.5. The summed E-state index contributed by atoms with van der Waals surface area (Å²) in [5.74, 6) is 2.87. The van der Waals surface area contributed by atoms with Crippen molar-refractivity contribution in [1.82, 2.24) is 0 Å². The molecule has 0 heterocycles. The zero-order valence-electron chi connectivity index (χ0n) is 12.9. The van der Waals surface area contributed by atoms with Gasteiger partial charge in [0.15, 0.2) is 0 Å². The number of aliphatic hydroxyl groups excluding tert-OH is 1. The van der Waals surface area contributed by atoms with Gasteiger partial charge in [0.25, 0.3) is 0 Å². The van der Waals surface area contributed by atoms with E-state index in [9.17, 15) is 5.11 Å². The molecule has 0 aliphatic heterocycles. The van der Waals surface area contributed by atoms with Crippen molar-refractivity contribution in [2.24, 2.45) is 17.3 Å². The van der Waals surface area contributed by atoms with Gasteiger partial charge in [-0.2, -0.15) is 0 Å². The summed E-state index contributed by atoms with van der Waals surface area (Å²) in [6.07, 6.45) is 8.80. The van der Waals surface area contributed by atoms with Crippen molar-refractivity contribution < 1.29 is 9.84 Å². The van der Waals surface area contributed by atoms with Crippen LogP contribution < -0.4 is 4.74 Å². The second-order valence-electron chi connectivity index (χ2n) is 7.27. The van der Waals surface area contributed by atoms with Gasteiger partial charge in [-0.3, -0.25) is 0 Å². The van der Waals surface area contributed by atoms with Crippen LogP contribution in [-0.2, 0) is 6.42 Å². The number of benzene rings is 1. The fraction of sp³-hybridized carbons (Fsp3) is 0.579. The Labute approximate surface area is 126 Å². The van der Waals surface area contributed by atoms with E-state index in [0.717, 1.165) is 18.6 Å². The first-order valence-electron chi connectivity index (χ1n) is 8.16. The highest BCUT2D eigenvalue weighted by Crippen LogP contribution is 2.58. The van der Waals surface area contributed by atoms with Crippen molar-refractivity contribution in [3.63, 3.8) is 0 Å². The number of ether oxygens (including phenoxy) is 1. The molecule has 1 N–H and O–H groups in total. The Hall–Kier alpha value is -1.28. The molecule has 21 heavy (non-hydrogen) atoms. The van der Waals surface area contributed by atoms with Crippen LogP contribution in [0.3, 0.4) is 0 Å². The first-order valence-corrected chi connectivity index (χ1v) is 8.16. The predicted octanol–water partition coefficient (Wildman–Crippen LogP) is 3.69. The Kier molecular flexibility index (Phi) is 2.94. The molecule has 1 fully saturated rings. The summed E-state index contributed by atoms with van der Waals surface area (Å²) in [7, 11) is 1.74. The molecule has 0 amide bonds. The molecular weight excluding hydrogens is 260 g/mol. The second kappa shape index (κ2) is 4.61. The van der Waals surface area contributed by atoms with E-state index in [0.29, 0.717) is 17.8 Å². The van der Waals surface area contributed by atoms with Gasteiger partial charge in [0.2, 0.25) is 0 Å². The smallest absolute Gasteiger partial charge is 0.119 e. The molecule has 2 nitrogen and oxygen atoms in total. The summed E-state index contributed by atoms with van der Waals surface area (Å²) >= 11 is 0. The van der Waals surface area contributed by atoms with Crippen LogP contribution in [0.15, 0.2) is 30.4 Å². The number of allylic oxidation sites excluding steroid dienone is 1. The van der Waals surface area contributed by atoms with Crippen LogP contribution >= 0.6 is 0 Å². The number of hydrogen-bond acceptors (Lipinski definition) is 2. The van der Waals surface area contributed by atoms with Crippen molar-refractivity contribution in [2.45, 2.75) is 44.6 Å².